The van der Waals surface area contributed by atoms with Crippen molar-refractivity contribution in [1.82, 2.24) is 10.2 Å². The number of anilines is 1. The minimum absolute atomic E-state index is 0.798. The van der Waals surface area contributed by atoms with E-state index in [1.165, 1.54) is 27.3 Å². The van der Waals surface area contributed by atoms with Crippen molar-refractivity contribution < 1.29 is 0 Å². The molecule has 1 aromatic carbocycles. The molecule has 0 saturated carbocycles. The van der Waals surface area contributed by atoms with Crippen molar-refractivity contribution in [3.05, 3.63) is 52.2 Å². The molecule has 2 aromatic heterocycles. The molecule has 0 saturated heterocycles. The van der Waals surface area contributed by atoms with Crippen LogP contribution in [0, 0.1) is 0 Å². The summed E-state index contributed by atoms with van der Waals surface area (Å²) in [6, 6.07) is 12.6. The van der Waals surface area contributed by atoms with Crippen LogP contribution in [0.15, 0.2) is 47.3 Å². The van der Waals surface area contributed by atoms with Gasteiger partial charge in [0.1, 0.15) is 5.51 Å². The van der Waals surface area contributed by atoms with Crippen LogP contribution in [0.25, 0.3) is 11.1 Å². The highest BCUT2D eigenvalue weighted by Crippen LogP contribution is 2.26. The van der Waals surface area contributed by atoms with Crippen LogP contribution in [-0.4, -0.2) is 10.2 Å². The average Bonchev–Trinajstić information content (AvgIpc) is 3.09. The Morgan fingerprint density at radius 2 is 1.94 bits per heavy atom. The number of rotatable bonds is 4. The molecular formula is C13H11N3S2. The van der Waals surface area contributed by atoms with Crippen LogP contribution < -0.4 is 5.32 Å². The third kappa shape index (κ3) is 2.57. The Labute approximate surface area is 113 Å². The van der Waals surface area contributed by atoms with Crippen LogP contribution in [0.5, 0.6) is 0 Å². The summed E-state index contributed by atoms with van der Waals surface area (Å²) in [4.78, 5) is 1.30. The smallest absolute Gasteiger partial charge is 0.205 e. The summed E-state index contributed by atoms with van der Waals surface area (Å²) in [7, 11) is 0. The molecule has 3 rings (SSSR count). The van der Waals surface area contributed by atoms with Gasteiger partial charge in [-0.05, 0) is 22.6 Å². The summed E-state index contributed by atoms with van der Waals surface area (Å²) in [6.07, 6.45) is 0. The van der Waals surface area contributed by atoms with E-state index < -0.39 is 0 Å². The van der Waals surface area contributed by atoms with Crippen molar-refractivity contribution in [2.24, 2.45) is 0 Å². The summed E-state index contributed by atoms with van der Waals surface area (Å²) in [5, 5.41) is 14.1. The van der Waals surface area contributed by atoms with Gasteiger partial charge in [0.05, 0.1) is 6.54 Å². The molecule has 0 atom stereocenters. The first-order valence-corrected chi connectivity index (χ1v) is 7.30. The molecule has 2 heterocycles. The zero-order chi connectivity index (χ0) is 12.2. The first-order valence-electron chi connectivity index (χ1n) is 5.55. The molecule has 18 heavy (non-hydrogen) atoms. The Hall–Kier alpha value is -1.72. The van der Waals surface area contributed by atoms with Crippen LogP contribution in [0.3, 0.4) is 0 Å². The minimum atomic E-state index is 0.798. The number of thiophene rings is 1. The van der Waals surface area contributed by atoms with Crippen LogP contribution >= 0.6 is 22.7 Å². The largest absolute Gasteiger partial charge is 0.355 e. The van der Waals surface area contributed by atoms with E-state index in [-0.39, 0.29) is 0 Å². The molecule has 1 N–H and O–H groups in total. The summed E-state index contributed by atoms with van der Waals surface area (Å²) in [5.41, 5.74) is 4.26. The van der Waals surface area contributed by atoms with Gasteiger partial charge in [0.25, 0.3) is 0 Å². The number of nitrogens with zero attached hydrogens (tertiary/aromatic N) is 2. The van der Waals surface area contributed by atoms with Gasteiger partial charge in [-0.1, -0.05) is 41.7 Å². The van der Waals surface area contributed by atoms with E-state index in [4.69, 9.17) is 0 Å². The van der Waals surface area contributed by atoms with Gasteiger partial charge < -0.3 is 5.32 Å². The summed E-state index contributed by atoms with van der Waals surface area (Å²) < 4.78 is 0. The second-order valence-corrected chi connectivity index (χ2v) is 5.59. The first-order chi connectivity index (χ1) is 8.92. The molecular weight excluding hydrogens is 262 g/mol. The fraction of sp³-hybridized carbons (Fsp3) is 0.0769. The molecule has 0 unspecified atom stereocenters. The van der Waals surface area contributed by atoms with Crippen molar-refractivity contribution in [2.75, 3.05) is 5.32 Å². The molecule has 0 bridgehead atoms. The molecule has 0 amide bonds. The maximum Gasteiger partial charge on any atom is 0.205 e. The quantitative estimate of drug-likeness (QED) is 0.784. The molecule has 0 radical (unpaired) electrons. The third-order valence-corrected chi connectivity index (χ3v) is 4.12. The fourth-order valence-electron chi connectivity index (χ4n) is 1.67. The van der Waals surface area contributed by atoms with Crippen molar-refractivity contribution in [2.45, 2.75) is 6.54 Å². The Balaban J connectivity index is 1.70. The van der Waals surface area contributed by atoms with Gasteiger partial charge in [0.15, 0.2) is 0 Å². The van der Waals surface area contributed by atoms with Crippen molar-refractivity contribution >= 4 is 27.8 Å². The molecule has 0 aliphatic heterocycles. The summed E-state index contributed by atoms with van der Waals surface area (Å²) in [5.74, 6) is 0. The first kappa shape index (κ1) is 11.4. The standard InChI is InChI=1S/C13H11N3S2/c1-2-4-10(5-3-1)11-6-12(17-8-11)7-14-13-16-15-9-18-13/h1-6,8-9H,7H2,(H,14,16). The lowest BCUT2D eigenvalue weighted by Crippen LogP contribution is -1.96. The molecule has 0 fully saturated rings. The zero-order valence-electron chi connectivity index (χ0n) is 9.54. The van der Waals surface area contributed by atoms with Gasteiger partial charge in [0, 0.05) is 4.88 Å². The van der Waals surface area contributed by atoms with Crippen LogP contribution in [0.4, 0.5) is 5.13 Å². The predicted octanol–water partition coefficient (Wildman–Crippen LogP) is 3.88. The molecule has 3 aromatic rings. The number of hydrogen-bond acceptors (Lipinski definition) is 5. The fourth-order valence-corrected chi connectivity index (χ4v) is 2.95. The van der Waals surface area contributed by atoms with Gasteiger partial charge in [-0.15, -0.1) is 21.5 Å². The lowest BCUT2D eigenvalue weighted by molar-refractivity contribution is 1.06. The minimum Gasteiger partial charge on any atom is -0.355 e. The van der Waals surface area contributed by atoms with Gasteiger partial charge in [0.2, 0.25) is 5.13 Å². The van der Waals surface area contributed by atoms with E-state index in [1.807, 2.05) is 6.07 Å². The molecule has 5 heteroatoms. The summed E-state index contributed by atoms with van der Waals surface area (Å²) >= 11 is 3.28. The van der Waals surface area contributed by atoms with Gasteiger partial charge in [-0.25, -0.2) is 0 Å². The monoisotopic (exact) mass is 273 g/mol. The Bertz CT molecular complexity index is 602. The topological polar surface area (TPSA) is 37.8 Å². The molecule has 0 aliphatic rings. The van der Waals surface area contributed by atoms with E-state index >= 15 is 0 Å². The average molecular weight is 273 g/mol. The number of aromatic nitrogens is 2. The highest BCUT2D eigenvalue weighted by Gasteiger charge is 2.03. The predicted molar refractivity (Wildman–Crippen MR) is 77.0 cm³/mol. The lowest BCUT2D eigenvalue weighted by atomic mass is 10.1. The normalized spacial score (nSPS) is 10.4. The Morgan fingerprint density at radius 1 is 1.06 bits per heavy atom. The lowest BCUT2D eigenvalue weighted by Gasteiger charge is -1.98. The molecule has 0 aliphatic carbocycles. The molecule has 0 spiro atoms. The van der Waals surface area contributed by atoms with Gasteiger partial charge >= 0.3 is 0 Å². The van der Waals surface area contributed by atoms with Crippen molar-refractivity contribution in [3.8, 4) is 11.1 Å². The number of hydrogen-bond donors (Lipinski definition) is 1. The van der Waals surface area contributed by atoms with Crippen molar-refractivity contribution in [3.63, 3.8) is 0 Å². The molecule has 90 valence electrons. The highest BCUT2D eigenvalue weighted by molar-refractivity contribution is 7.13. The number of benzene rings is 1. The van der Waals surface area contributed by atoms with Gasteiger partial charge in [-0.3, -0.25) is 0 Å². The third-order valence-electron chi connectivity index (χ3n) is 2.53. The van der Waals surface area contributed by atoms with E-state index in [9.17, 15) is 0 Å². The second kappa shape index (κ2) is 5.29. The Kier molecular flexibility index (Phi) is 3.34. The summed E-state index contributed by atoms with van der Waals surface area (Å²) in [6.45, 7) is 0.798. The molecule has 3 nitrogen and oxygen atoms in total. The number of nitrogens with one attached hydrogen (secondary N) is 1. The highest BCUT2D eigenvalue weighted by atomic mass is 32.1. The Morgan fingerprint density at radius 3 is 2.72 bits per heavy atom. The van der Waals surface area contributed by atoms with Crippen LogP contribution in [0.2, 0.25) is 0 Å². The van der Waals surface area contributed by atoms with E-state index in [1.54, 1.807) is 16.8 Å². The zero-order valence-corrected chi connectivity index (χ0v) is 11.2. The maximum absolute atomic E-state index is 3.96. The van der Waals surface area contributed by atoms with E-state index in [2.05, 4.69) is 51.2 Å². The van der Waals surface area contributed by atoms with E-state index in [0.29, 0.717) is 0 Å². The SMILES string of the molecule is c1ccc(-c2csc(CNc3nncs3)c2)cc1. The van der Waals surface area contributed by atoms with E-state index in [0.717, 1.165) is 11.7 Å². The van der Waals surface area contributed by atoms with Crippen LogP contribution in [-0.2, 0) is 6.54 Å². The van der Waals surface area contributed by atoms with Crippen molar-refractivity contribution in [1.29, 1.82) is 0 Å². The van der Waals surface area contributed by atoms with Gasteiger partial charge in [-0.2, -0.15) is 0 Å². The maximum atomic E-state index is 3.96. The van der Waals surface area contributed by atoms with Crippen LogP contribution in [0.1, 0.15) is 4.88 Å². The second-order valence-electron chi connectivity index (χ2n) is 3.77.